The molecule has 0 saturated carbocycles. The Morgan fingerprint density at radius 1 is 0.340 bits per heavy atom. The molecule has 0 aliphatic heterocycles. The molecule has 10 rings (SSSR count). The minimum absolute atomic E-state index is 0.0176. The van der Waals surface area contributed by atoms with Gasteiger partial charge < -0.3 is 4.90 Å². The Morgan fingerprint density at radius 3 is 1.58 bits per heavy atom. The summed E-state index contributed by atoms with van der Waals surface area (Å²) in [6.45, 7) is 9.61. The maximum absolute atomic E-state index is 2.45. The van der Waals surface area contributed by atoms with Crippen LogP contribution in [-0.4, -0.2) is 0 Å². The van der Waals surface area contributed by atoms with Crippen molar-refractivity contribution in [2.75, 3.05) is 4.90 Å². The molecule has 0 radical (unpaired) electrons. The first kappa shape index (κ1) is 31.5. The third-order valence-corrected chi connectivity index (χ3v) is 12.0. The molecule has 0 spiro atoms. The van der Waals surface area contributed by atoms with Crippen LogP contribution in [0.1, 0.15) is 49.9 Å². The third-order valence-electron chi connectivity index (χ3n) is 12.0. The lowest BCUT2D eigenvalue weighted by Gasteiger charge is -2.28. The largest absolute Gasteiger partial charge is 0.310 e. The number of hydrogen-bond donors (Lipinski definition) is 0. The van der Waals surface area contributed by atoms with Crippen molar-refractivity contribution in [3.63, 3.8) is 0 Å². The zero-order chi connectivity index (χ0) is 35.9. The molecule has 0 unspecified atom stereocenters. The van der Waals surface area contributed by atoms with Gasteiger partial charge in [0.25, 0.3) is 0 Å². The smallest absolute Gasteiger partial charge is 0.0468 e. The molecular weight excluding hydrogens is 639 g/mol. The topological polar surface area (TPSA) is 3.24 Å². The van der Waals surface area contributed by atoms with E-state index in [4.69, 9.17) is 0 Å². The molecule has 254 valence electrons. The summed E-state index contributed by atoms with van der Waals surface area (Å²) in [4.78, 5) is 2.38. The fourth-order valence-electron chi connectivity index (χ4n) is 9.37. The summed E-state index contributed by atoms with van der Waals surface area (Å²) in [6.07, 6.45) is 0. The predicted octanol–water partition coefficient (Wildman–Crippen LogP) is 14.3. The second-order valence-corrected chi connectivity index (χ2v) is 15.8. The van der Waals surface area contributed by atoms with Gasteiger partial charge in [0.05, 0.1) is 0 Å². The Kier molecular flexibility index (Phi) is 6.94. The van der Waals surface area contributed by atoms with Gasteiger partial charge in [-0.1, -0.05) is 161 Å². The molecule has 0 saturated heterocycles. The van der Waals surface area contributed by atoms with Crippen molar-refractivity contribution in [3.8, 4) is 22.3 Å². The first-order valence-corrected chi connectivity index (χ1v) is 18.8. The Bertz CT molecular complexity index is 2750. The quantitative estimate of drug-likeness (QED) is 0.164. The second-order valence-electron chi connectivity index (χ2n) is 15.8. The highest BCUT2D eigenvalue weighted by Gasteiger charge is 2.49. The Balaban J connectivity index is 1.04. The van der Waals surface area contributed by atoms with Crippen molar-refractivity contribution in [1.29, 1.82) is 0 Å². The summed E-state index contributed by atoms with van der Waals surface area (Å²) in [6, 6.07) is 64.9. The molecule has 0 aromatic heterocycles. The normalized spacial score (nSPS) is 15.0. The van der Waals surface area contributed by atoms with E-state index in [1.807, 2.05) is 0 Å². The van der Waals surface area contributed by atoms with Gasteiger partial charge in [0, 0.05) is 27.9 Å². The molecule has 1 heteroatoms. The van der Waals surface area contributed by atoms with Gasteiger partial charge in [0.1, 0.15) is 0 Å². The van der Waals surface area contributed by atoms with Crippen molar-refractivity contribution in [2.24, 2.45) is 0 Å². The number of fused-ring (bicyclic) bond motifs is 7. The van der Waals surface area contributed by atoms with Gasteiger partial charge in [-0.15, -0.1) is 0 Å². The SMILES string of the molecule is CC1(C)C2=C(c3ccccc31)C(C)(C)c1cc(-c3ccc(N(c4ccc(-c5ccccc5)cc4)c4ccc5c(ccc6ccccc65)c4)cc3)ccc12. The van der Waals surface area contributed by atoms with E-state index >= 15 is 0 Å². The molecule has 0 atom stereocenters. The van der Waals surface area contributed by atoms with E-state index in [1.165, 1.54) is 77.2 Å². The maximum atomic E-state index is 2.45. The summed E-state index contributed by atoms with van der Waals surface area (Å²) in [5.41, 5.74) is 16.9. The van der Waals surface area contributed by atoms with Gasteiger partial charge in [-0.2, -0.15) is 0 Å². The lowest BCUT2D eigenvalue weighted by atomic mass is 9.75. The van der Waals surface area contributed by atoms with Crippen molar-refractivity contribution in [3.05, 3.63) is 198 Å². The minimum Gasteiger partial charge on any atom is -0.310 e. The van der Waals surface area contributed by atoms with E-state index in [0.717, 1.165) is 17.1 Å². The lowest BCUT2D eigenvalue weighted by Crippen LogP contribution is -2.19. The molecule has 0 bridgehead atoms. The highest BCUT2D eigenvalue weighted by atomic mass is 15.1. The maximum Gasteiger partial charge on any atom is 0.0468 e. The monoisotopic (exact) mass is 679 g/mol. The second kappa shape index (κ2) is 11.7. The Morgan fingerprint density at radius 2 is 0.849 bits per heavy atom. The van der Waals surface area contributed by atoms with Crippen LogP contribution in [0.4, 0.5) is 17.1 Å². The van der Waals surface area contributed by atoms with Crippen molar-refractivity contribution in [1.82, 2.24) is 0 Å². The highest BCUT2D eigenvalue weighted by molar-refractivity contribution is 6.10. The van der Waals surface area contributed by atoms with Crippen LogP contribution in [0, 0.1) is 0 Å². The van der Waals surface area contributed by atoms with Crippen LogP contribution < -0.4 is 4.90 Å². The number of benzene rings is 8. The first-order chi connectivity index (χ1) is 25.8. The fourth-order valence-corrected chi connectivity index (χ4v) is 9.37. The van der Waals surface area contributed by atoms with Crippen molar-refractivity contribution >= 4 is 49.8 Å². The van der Waals surface area contributed by atoms with Crippen LogP contribution in [0.15, 0.2) is 176 Å². The van der Waals surface area contributed by atoms with E-state index in [0.29, 0.717) is 0 Å². The molecule has 2 aliphatic carbocycles. The van der Waals surface area contributed by atoms with Crippen LogP contribution in [0.3, 0.4) is 0 Å². The van der Waals surface area contributed by atoms with Crippen LogP contribution >= 0.6 is 0 Å². The van der Waals surface area contributed by atoms with Crippen LogP contribution in [0.2, 0.25) is 0 Å². The van der Waals surface area contributed by atoms with Crippen LogP contribution in [0.5, 0.6) is 0 Å². The average molecular weight is 680 g/mol. The first-order valence-electron chi connectivity index (χ1n) is 18.8. The highest BCUT2D eigenvalue weighted by Crippen LogP contribution is 2.62. The van der Waals surface area contributed by atoms with Crippen molar-refractivity contribution in [2.45, 2.75) is 38.5 Å². The molecule has 53 heavy (non-hydrogen) atoms. The Hall–Kier alpha value is -6.18. The number of rotatable bonds is 5. The molecule has 1 nitrogen and oxygen atoms in total. The molecule has 0 N–H and O–H groups in total. The number of hydrogen-bond acceptors (Lipinski definition) is 1. The van der Waals surface area contributed by atoms with Gasteiger partial charge in [0.2, 0.25) is 0 Å². The van der Waals surface area contributed by atoms with E-state index in [2.05, 4.69) is 209 Å². The minimum atomic E-state index is -0.0748. The van der Waals surface area contributed by atoms with Gasteiger partial charge in [-0.25, -0.2) is 0 Å². The average Bonchev–Trinajstić information content (AvgIpc) is 3.60. The third kappa shape index (κ3) is 4.84. The molecular formula is C52H41N. The molecule has 0 fully saturated rings. The molecule has 8 aromatic rings. The summed E-state index contributed by atoms with van der Waals surface area (Å²) < 4.78 is 0. The standard InChI is InChI=1S/C52H41N/c1-51(2)47-17-11-10-16-45(47)49-50(51)46-30-24-38(33-48(46)52(49,3)4)36-22-27-41(28-23-36)53(40-25-20-35(21-26-40)34-12-6-5-7-13-34)42-29-31-44-39(32-42)19-18-37-14-8-9-15-43(37)44/h5-33H,1-4H3. The predicted molar refractivity (Wildman–Crippen MR) is 226 cm³/mol. The van der Waals surface area contributed by atoms with Gasteiger partial charge in [0.15, 0.2) is 0 Å². The zero-order valence-corrected chi connectivity index (χ0v) is 30.7. The lowest BCUT2D eigenvalue weighted by molar-refractivity contribution is 0.694. The Labute approximate surface area is 312 Å². The van der Waals surface area contributed by atoms with E-state index in [1.54, 1.807) is 0 Å². The number of anilines is 3. The van der Waals surface area contributed by atoms with Gasteiger partial charge in [-0.05, 0) is 120 Å². The molecule has 0 heterocycles. The van der Waals surface area contributed by atoms with Gasteiger partial charge in [-0.3, -0.25) is 0 Å². The summed E-state index contributed by atoms with van der Waals surface area (Å²) in [7, 11) is 0. The zero-order valence-electron chi connectivity index (χ0n) is 30.7. The number of nitrogens with zero attached hydrogens (tertiary/aromatic N) is 1. The molecule has 2 aliphatic rings. The van der Waals surface area contributed by atoms with Gasteiger partial charge >= 0.3 is 0 Å². The fraction of sp³-hybridized carbons (Fsp3) is 0.115. The summed E-state index contributed by atoms with van der Waals surface area (Å²) in [5, 5.41) is 5.05. The molecule has 8 aromatic carbocycles. The van der Waals surface area contributed by atoms with E-state index < -0.39 is 0 Å². The van der Waals surface area contributed by atoms with Crippen LogP contribution in [-0.2, 0) is 10.8 Å². The van der Waals surface area contributed by atoms with Crippen molar-refractivity contribution < 1.29 is 0 Å². The summed E-state index contributed by atoms with van der Waals surface area (Å²) in [5.74, 6) is 0. The summed E-state index contributed by atoms with van der Waals surface area (Å²) >= 11 is 0. The van der Waals surface area contributed by atoms with E-state index in [9.17, 15) is 0 Å². The number of allylic oxidation sites excluding steroid dienone is 2. The van der Waals surface area contributed by atoms with E-state index in [-0.39, 0.29) is 10.8 Å². The molecule has 0 amide bonds. The van der Waals surface area contributed by atoms with Crippen LogP contribution in [0.25, 0.3) is 54.9 Å².